The lowest BCUT2D eigenvalue weighted by Gasteiger charge is -2.04. The summed E-state index contributed by atoms with van der Waals surface area (Å²) in [5.41, 5.74) is 2.82. The van der Waals surface area contributed by atoms with Gasteiger partial charge in [0.25, 0.3) is 0 Å². The van der Waals surface area contributed by atoms with Crippen molar-refractivity contribution in [1.82, 2.24) is 9.38 Å². The van der Waals surface area contributed by atoms with Crippen molar-refractivity contribution in [2.24, 2.45) is 5.16 Å². The van der Waals surface area contributed by atoms with Crippen LogP contribution in [0.25, 0.3) is 16.2 Å². The maximum absolute atomic E-state index is 13.8. The summed E-state index contributed by atoms with van der Waals surface area (Å²) < 4.78 is 16.7. The zero-order valence-electron chi connectivity index (χ0n) is 13.8. The topological polar surface area (TPSA) is 38.9 Å². The first-order valence-corrected chi connectivity index (χ1v) is 9.98. The van der Waals surface area contributed by atoms with E-state index in [1.165, 1.54) is 17.4 Å². The molecule has 0 N–H and O–H groups in total. The fraction of sp³-hybridized carbons (Fsp3) is 0.0526. The summed E-state index contributed by atoms with van der Waals surface area (Å²) in [5, 5.41) is 6.27. The highest BCUT2D eigenvalue weighted by atomic mass is 79.9. The fourth-order valence-corrected chi connectivity index (χ4v) is 3.81. The molecule has 0 aliphatic carbocycles. The summed E-state index contributed by atoms with van der Waals surface area (Å²) in [7, 11) is 0. The SMILES string of the molecule is Fc1cccc(Cl)c1CO/N=C\c1c(-c2ccc(Br)cc2)nc2sccn12. The van der Waals surface area contributed by atoms with Gasteiger partial charge in [0.2, 0.25) is 0 Å². The molecule has 0 atom stereocenters. The first-order chi connectivity index (χ1) is 13.1. The monoisotopic (exact) mass is 463 g/mol. The van der Waals surface area contributed by atoms with Crippen LogP contribution in [0.1, 0.15) is 11.3 Å². The van der Waals surface area contributed by atoms with E-state index in [9.17, 15) is 4.39 Å². The molecule has 4 nitrogen and oxygen atoms in total. The van der Waals surface area contributed by atoms with Crippen molar-refractivity contribution >= 4 is 50.0 Å². The number of halogens is 3. The lowest BCUT2D eigenvalue weighted by molar-refractivity contribution is 0.129. The predicted octanol–water partition coefficient (Wildman–Crippen LogP) is 6.17. The molecule has 27 heavy (non-hydrogen) atoms. The lowest BCUT2D eigenvalue weighted by atomic mass is 10.1. The summed E-state index contributed by atoms with van der Waals surface area (Å²) in [4.78, 5) is 10.8. The number of hydrogen-bond acceptors (Lipinski definition) is 4. The molecule has 0 spiro atoms. The molecule has 2 heterocycles. The van der Waals surface area contributed by atoms with E-state index >= 15 is 0 Å². The third-order valence-corrected chi connectivity index (χ3v) is 5.58. The van der Waals surface area contributed by atoms with Crippen LogP contribution >= 0.6 is 38.9 Å². The van der Waals surface area contributed by atoms with Crippen molar-refractivity contribution < 1.29 is 9.23 Å². The molecule has 0 saturated heterocycles. The van der Waals surface area contributed by atoms with Crippen LogP contribution in [0.5, 0.6) is 0 Å². The van der Waals surface area contributed by atoms with E-state index < -0.39 is 5.82 Å². The molecular formula is C19H12BrClFN3OS. The smallest absolute Gasteiger partial charge is 0.194 e. The third kappa shape index (κ3) is 3.76. The minimum absolute atomic E-state index is 0.0544. The zero-order chi connectivity index (χ0) is 18.8. The minimum Gasteiger partial charge on any atom is -0.391 e. The van der Waals surface area contributed by atoms with Gasteiger partial charge in [-0.3, -0.25) is 4.40 Å². The van der Waals surface area contributed by atoms with E-state index in [1.807, 2.05) is 40.2 Å². The number of oxime groups is 1. The van der Waals surface area contributed by atoms with Gasteiger partial charge in [0.15, 0.2) is 4.96 Å². The lowest BCUT2D eigenvalue weighted by Crippen LogP contribution is -1.96. The molecule has 0 aliphatic rings. The molecule has 0 radical (unpaired) electrons. The molecule has 0 unspecified atom stereocenters. The van der Waals surface area contributed by atoms with Crippen molar-refractivity contribution in [3.8, 4) is 11.3 Å². The minimum atomic E-state index is -0.419. The molecule has 136 valence electrons. The van der Waals surface area contributed by atoms with Crippen LogP contribution in [0.4, 0.5) is 4.39 Å². The first-order valence-electron chi connectivity index (χ1n) is 7.93. The first kappa shape index (κ1) is 18.2. The van der Waals surface area contributed by atoms with Crippen LogP contribution in [-0.2, 0) is 11.4 Å². The Balaban J connectivity index is 1.61. The molecule has 0 saturated carbocycles. The molecule has 4 rings (SSSR count). The predicted molar refractivity (Wildman–Crippen MR) is 110 cm³/mol. The van der Waals surface area contributed by atoms with Gasteiger partial charge < -0.3 is 4.84 Å². The Bertz CT molecular complexity index is 1100. The van der Waals surface area contributed by atoms with Gasteiger partial charge >= 0.3 is 0 Å². The van der Waals surface area contributed by atoms with Crippen LogP contribution in [0, 0.1) is 5.82 Å². The summed E-state index contributed by atoms with van der Waals surface area (Å²) in [6, 6.07) is 12.4. The van der Waals surface area contributed by atoms with Gasteiger partial charge in [-0.15, -0.1) is 11.3 Å². The molecule has 2 aromatic heterocycles. The van der Waals surface area contributed by atoms with Gasteiger partial charge in [0.05, 0.1) is 22.6 Å². The molecular weight excluding hydrogens is 453 g/mol. The zero-order valence-corrected chi connectivity index (χ0v) is 16.9. The average molecular weight is 465 g/mol. The normalized spacial score (nSPS) is 11.5. The number of aromatic nitrogens is 2. The van der Waals surface area contributed by atoms with Gasteiger partial charge in [0.1, 0.15) is 12.4 Å². The van der Waals surface area contributed by atoms with E-state index in [0.29, 0.717) is 5.02 Å². The number of nitrogens with zero attached hydrogens (tertiary/aromatic N) is 3. The van der Waals surface area contributed by atoms with Crippen molar-refractivity contribution in [2.45, 2.75) is 6.61 Å². The summed E-state index contributed by atoms with van der Waals surface area (Å²) in [6.07, 6.45) is 3.50. The number of fused-ring (bicyclic) bond motifs is 1. The van der Waals surface area contributed by atoms with Gasteiger partial charge in [-0.1, -0.05) is 50.9 Å². The molecule has 2 aromatic carbocycles. The number of benzene rings is 2. The van der Waals surface area contributed by atoms with E-state index in [2.05, 4.69) is 26.1 Å². The van der Waals surface area contributed by atoms with Crippen LogP contribution < -0.4 is 0 Å². The molecule has 0 bridgehead atoms. The second-order valence-electron chi connectivity index (χ2n) is 5.62. The highest BCUT2D eigenvalue weighted by Crippen LogP contribution is 2.27. The van der Waals surface area contributed by atoms with Crippen molar-refractivity contribution in [3.63, 3.8) is 0 Å². The average Bonchev–Trinajstić information content (AvgIpc) is 3.23. The largest absolute Gasteiger partial charge is 0.391 e. The Hall–Kier alpha value is -2.22. The van der Waals surface area contributed by atoms with Crippen molar-refractivity contribution in [2.75, 3.05) is 0 Å². The summed E-state index contributed by atoms with van der Waals surface area (Å²) in [5.74, 6) is -0.419. The maximum Gasteiger partial charge on any atom is 0.194 e. The van der Waals surface area contributed by atoms with Crippen LogP contribution in [0.15, 0.2) is 63.7 Å². The number of rotatable bonds is 5. The van der Waals surface area contributed by atoms with E-state index in [4.69, 9.17) is 16.4 Å². The molecule has 0 fully saturated rings. The number of imidazole rings is 1. The second kappa shape index (κ2) is 7.80. The third-order valence-electron chi connectivity index (χ3n) is 3.94. The van der Waals surface area contributed by atoms with Crippen LogP contribution in [-0.4, -0.2) is 15.6 Å². The number of hydrogen-bond donors (Lipinski definition) is 0. The van der Waals surface area contributed by atoms with E-state index in [-0.39, 0.29) is 12.2 Å². The number of thiazole rings is 1. The highest BCUT2D eigenvalue weighted by Gasteiger charge is 2.14. The Morgan fingerprint density at radius 3 is 2.85 bits per heavy atom. The molecule has 0 amide bonds. The Morgan fingerprint density at radius 2 is 2.07 bits per heavy atom. The Kier molecular flexibility index (Phi) is 5.24. The quantitative estimate of drug-likeness (QED) is 0.262. The van der Waals surface area contributed by atoms with Crippen molar-refractivity contribution in [1.29, 1.82) is 0 Å². The van der Waals surface area contributed by atoms with Crippen LogP contribution in [0.2, 0.25) is 5.02 Å². The van der Waals surface area contributed by atoms with E-state index in [1.54, 1.807) is 18.3 Å². The molecule has 0 aliphatic heterocycles. The van der Waals surface area contributed by atoms with Gasteiger partial charge in [0, 0.05) is 27.2 Å². The second-order valence-corrected chi connectivity index (χ2v) is 7.81. The molecule has 8 heteroatoms. The van der Waals surface area contributed by atoms with Crippen LogP contribution in [0.3, 0.4) is 0 Å². The molecule has 4 aromatic rings. The highest BCUT2D eigenvalue weighted by molar-refractivity contribution is 9.10. The van der Waals surface area contributed by atoms with Gasteiger partial charge in [-0.25, -0.2) is 9.37 Å². The van der Waals surface area contributed by atoms with Gasteiger partial charge in [-0.05, 0) is 24.3 Å². The Labute approximate surface area is 172 Å². The Morgan fingerprint density at radius 1 is 1.26 bits per heavy atom. The maximum atomic E-state index is 13.8. The van der Waals surface area contributed by atoms with E-state index in [0.717, 1.165) is 26.4 Å². The van der Waals surface area contributed by atoms with Crippen molar-refractivity contribution in [3.05, 3.63) is 80.6 Å². The standard InChI is InChI=1S/C19H12BrClFN3OS/c20-13-6-4-12(5-7-13)18-17(25-8-9-27-19(25)24-18)10-23-26-11-14-15(21)2-1-3-16(14)22/h1-10H,11H2/b23-10-. The fourth-order valence-electron chi connectivity index (χ4n) is 2.61. The summed E-state index contributed by atoms with van der Waals surface area (Å²) >= 11 is 11.0. The van der Waals surface area contributed by atoms with Gasteiger partial charge in [-0.2, -0.15) is 0 Å². The summed E-state index contributed by atoms with van der Waals surface area (Å²) in [6.45, 7) is -0.0544.